The SMILES string of the molecule is Cc1cccc(CN(C(=O)CN(c2cccc(Br)c2)S(=O)(=O)c2ccccc2)[C@H](C)C(=O)NC(C)(C)C)c1. The van der Waals surface area contributed by atoms with Crippen molar-refractivity contribution in [2.75, 3.05) is 10.8 Å². The minimum absolute atomic E-state index is 0.0662. The van der Waals surface area contributed by atoms with Gasteiger partial charge in [-0.1, -0.05) is 70.0 Å². The maximum atomic E-state index is 13.9. The normalized spacial score (nSPS) is 12.5. The van der Waals surface area contributed by atoms with Crippen molar-refractivity contribution in [3.63, 3.8) is 0 Å². The summed E-state index contributed by atoms with van der Waals surface area (Å²) >= 11 is 3.40. The highest BCUT2D eigenvalue weighted by Gasteiger charge is 2.33. The van der Waals surface area contributed by atoms with E-state index in [2.05, 4.69) is 21.2 Å². The van der Waals surface area contributed by atoms with Gasteiger partial charge in [-0.25, -0.2) is 8.42 Å². The topological polar surface area (TPSA) is 86.8 Å². The Morgan fingerprint density at radius 2 is 1.61 bits per heavy atom. The van der Waals surface area contributed by atoms with Crippen LogP contribution in [0.1, 0.15) is 38.8 Å². The van der Waals surface area contributed by atoms with Crippen molar-refractivity contribution < 1.29 is 18.0 Å². The molecule has 0 aromatic heterocycles. The van der Waals surface area contributed by atoms with Gasteiger partial charge in [0.2, 0.25) is 11.8 Å². The van der Waals surface area contributed by atoms with E-state index >= 15 is 0 Å². The van der Waals surface area contributed by atoms with Crippen molar-refractivity contribution in [1.82, 2.24) is 10.2 Å². The van der Waals surface area contributed by atoms with Gasteiger partial charge in [0.1, 0.15) is 12.6 Å². The van der Waals surface area contributed by atoms with Crippen molar-refractivity contribution in [2.24, 2.45) is 0 Å². The summed E-state index contributed by atoms with van der Waals surface area (Å²) < 4.78 is 29.3. The zero-order valence-corrected chi connectivity index (χ0v) is 24.7. The molecule has 0 aliphatic carbocycles. The molecule has 0 spiro atoms. The number of carbonyl (C=O) groups is 2. The van der Waals surface area contributed by atoms with Crippen molar-refractivity contribution in [3.8, 4) is 0 Å². The molecule has 3 aromatic rings. The standard InChI is InChI=1S/C29H34BrN3O4S/c1-21-11-9-12-23(17-21)19-32(22(2)28(35)31-29(3,4)5)27(34)20-33(25-14-10-13-24(30)18-25)38(36,37)26-15-7-6-8-16-26/h6-18,22H,19-20H2,1-5H3,(H,31,35)/t22-/m1/s1. The lowest BCUT2D eigenvalue weighted by molar-refractivity contribution is -0.140. The lowest BCUT2D eigenvalue weighted by atomic mass is 10.1. The molecule has 202 valence electrons. The van der Waals surface area contributed by atoms with Crippen LogP contribution in [-0.2, 0) is 26.2 Å². The molecule has 0 saturated carbocycles. The molecular weight excluding hydrogens is 566 g/mol. The molecule has 9 heteroatoms. The monoisotopic (exact) mass is 599 g/mol. The van der Waals surface area contributed by atoms with E-state index in [9.17, 15) is 18.0 Å². The van der Waals surface area contributed by atoms with Crippen LogP contribution in [-0.4, -0.2) is 43.3 Å². The van der Waals surface area contributed by atoms with Crippen LogP contribution in [0.15, 0.2) is 88.2 Å². The molecule has 0 unspecified atom stereocenters. The summed E-state index contributed by atoms with van der Waals surface area (Å²) in [6.07, 6.45) is 0. The summed E-state index contributed by atoms with van der Waals surface area (Å²) in [5.74, 6) is -0.819. The van der Waals surface area contributed by atoms with Crippen LogP contribution in [0, 0.1) is 6.92 Å². The maximum Gasteiger partial charge on any atom is 0.264 e. The van der Waals surface area contributed by atoms with E-state index < -0.39 is 34.1 Å². The number of hydrogen-bond acceptors (Lipinski definition) is 4. The van der Waals surface area contributed by atoms with Crippen molar-refractivity contribution >= 4 is 43.5 Å². The molecule has 0 aliphatic heterocycles. The first-order valence-electron chi connectivity index (χ1n) is 12.3. The number of anilines is 1. The maximum absolute atomic E-state index is 13.9. The second kappa shape index (κ2) is 12.1. The molecule has 0 bridgehead atoms. The molecule has 1 N–H and O–H groups in total. The minimum atomic E-state index is -4.09. The van der Waals surface area contributed by atoms with Crippen LogP contribution in [0.5, 0.6) is 0 Å². The average molecular weight is 601 g/mol. The highest BCUT2D eigenvalue weighted by atomic mass is 79.9. The zero-order valence-electron chi connectivity index (χ0n) is 22.3. The first-order valence-corrected chi connectivity index (χ1v) is 14.5. The Balaban J connectivity index is 2.03. The first-order chi connectivity index (χ1) is 17.8. The van der Waals surface area contributed by atoms with Crippen molar-refractivity contribution in [1.29, 1.82) is 0 Å². The number of sulfonamides is 1. The lowest BCUT2D eigenvalue weighted by Crippen LogP contribution is -2.54. The quantitative estimate of drug-likeness (QED) is 0.362. The average Bonchev–Trinajstić information content (AvgIpc) is 2.84. The number of carbonyl (C=O) groups excluding carboxylic acids is 2. The third kappa shape index (κ3) is 7.68. The summed E-state index contributed by atoms with van der Waals surface area (Å²) in [7, 11) is -4.09. The summed E-state index contributed by atoms with van der Waals surface area (Å²) in [5, 5.41) is 2.93. The Labute approximate surface area is 234 Å². The third-order valence-electron chi connectivity index (χ3n) is 5.81. The molecule has 1 atom stereocenters. The van der Waals surface area contributed by atoms with E-state index in [-0.39, 0.29) is 17.3 Å². The Hall–Kier alpha value is -3.17. The Kier molecular flexibility index (Phi) is 9.38. The molecule has 0 radical (unpaired) electrons. The number of hydrogen-bond donors (Lipinski definition) is 1. The number of nitrogens with zero attached hydrogens (tertiary/aromatic N) is 2. The van der Waals surface area contributed by atoms with E-state index in [0.717, 1.165) is 15.4 Å². The van der Waals surface area contributed by atoms with E-state index in [1.54, 1.807) is 49.4 Å². The van der Waals surface area contributed by atoms with Crippen molar-refractivity contribution in [3.05, 3.63) is 94.5 Å². The van der Waals surface area contributed by atoms with E-state index in [4.69, 9.17) is 0 Å². The smallest absolute Gasteiger partial charge is 0.264 e. The van der Waals surface area contributed by atoms with Gasteiger partial charge in [0.05, 0.1) is 10.6 Å². The number of aryl methyl sites for hydroxylation is 1. The minimum Gasteiger partial charge on any atom is -0.350 e. The van der Waals surface area contributed by atoms with Crippen LogP contribution in [0.2, 0.25) is 0 Å². The van der Waals surface area contributed by atoms with E-state index in [1.807, 2.05) is 52.0 Å². The molecular formula is C29H34BrN3O4S. The predicted octanol–water partition coefficient (Wildman–Crippen LogP) is 5.28. The number of halogens is 1. The Morgan fingerprint density at radius 3 is 2.21 bits per heavy atom. The number of amides is 2. The van der Waals surface area contributed by atoms with Gasteiger partial charge >= 0.3 is 0 Å². The first kappa shape index (κ1) is 29.4. The Morgan fingerprint density at radius 1 is 0.947 bits per heavy atom. The number of nitrogens with one attached hydrogen (secondary N) is 1. The zero-order chi connectivity index (χ0) is 28.1. The molecule has 0 fully saturated rings. The van der Waals surface area contributed by atoms with Crippen LogP contribution in [0.3, 0.4) is 0 Å². The number of benzene rings is 3. The highest BCUT2D eigenvalue weighted by molar-refractivity contribution is 9.10. The van der Waals surface area contributed by atoms with Gasteiger partial charge in [0, 0.05) is 16.6 Å². The second-order valence-corrected chi connectivity index (χ2v) is 13.0. The summed E-state index contributed by atoms with van der Waals surface area (Å²) in [6, 6.07) is 21.6. The van der Waals surface area contributed by atoms with Crippen LogP contribution >= 0.6 is 15.9 Å². The molecule has 0 aliphatic rings. The van der Waals surface area contributed by atoms with E-state index in [0.29, 0.717) is 10.2 Å². The molecule has 2 amide bonds. The van der Waals surface area contributed by atoms with E-state index in [1.165, 1.54) is 17.0 Å². The van der Waals surface area contributed by atoms with Gasteiger partial charge in [-0.15, -0.1) is 0 Å². The van der Waals surface area contributed by atoms with Crippen LogP contribution in [0.4, 0.5) is 5.69 Å². The van der Waals surface area contributed by atoms with Gasteiger partial charge in [0.15, 0.2) is 0 Å². The predicted molar refractivity (Wildman–Crippen MR) is 154 cm³/mol. The van der Waals surface area contributed by atoms with Crippen LogP contribution < -0.4 is 9.62 Å². The summed E-state index contributed by atoms with van der Waals surface area (Å²) in [5.41, 5.74) is 1.69. The molecule has 7 nitrogen and oxygen atoms in total. The highest BCUT2D eigenvalue weighted by Crippen LogP contribution is 2.27. The largest absolute Gasteiger partial charge is 0.350 e. The van der Waals surface area contributed by atoms with Gasteiger partial charge in [-0.2, -0.15) is 0 Å². The Bertz CT molecular complexity index is 1390. The van der Waals surface area contributed by atoms with Crippen molar-refractivity contribution in [2.45, 2.75) is 57.6 Å². The van der Waals surface area contributed by atoms with Gasteiger partial charge < -0.3 is 10.2 Å². The van der Waals surface area contributed by atoms with Gasteiger partial charge in [0.25, 0.3) is 10.0 Å². The summed E-state index contributed by atoms with van der Waals surface area (Å²) in [6.45, 7) is 8.88. The molecule has 0 heterocycles. The fourth-order valence-corrected chi connectivity index (χ4v) is 5.76. The molecule has 38 heavy (non-hydrogen) atoms. The lowest BCUT2D eigenvalue weighted by Gasteiger charge is -2.33. The van der Waals surface area contributed by atoms with Crippen LogP contribution in [0.25, 0.3) is 0 Å². The number of rotatable bonds is 9. The van der Waals surface area contributed by atoms with Gasteiger partial charge in [-0.05, 0) is 70.5 Å². The second-order valence-electron chi connectivity index (χ2n) is 10.2. The fraction of sp³-hybridized carbons (Fsp3) is 0.310. The molecule has 3 rings (SSSR count). The molecule has 3 aromatic carbocycles. The van der Waals surface area contributed by atoms with Gasteiger partial charge in [-0.3, -0.25) is 13.9 Å². The third-order valence-corrected chi connectivity index (χ3v) is 8.09. The fourth-order valence-electron chi connectivity index (χ4n) is 3.94. The molecule has 0 saturated heterocycles. The summed E-state index contributed by atoms with van der Waals surface area (Å²) in [4.78, 5) is 28.6.